The monoisotopic (exact) mass is 352 g/mol. The number of halogens is 1. The Morgan fingerprint density at radius 2 is 2.24 bits per heavy atom. The van der Waals surface area contributed by atoms with E-state index in [2.05, 4.69) is 31.2 Å². The van der Waals surface area contributed by atoms with Crippen molar-refractivity contribution in [3.63, 3.8) is 0 Å². The molecule has 0 fully saturated rings. The van der Waals surface area contributed by atoms with E-state index in [1.165, 1.54) is 17.0 Å². The van der Waals surface area contributed by atoms with Crippen LogP contribution in [0.2, 0.25) is 0 Å². The van der Waals surface area contributed by atoms with Crippen LogP contribution in [0.4, 0.5) is 10.5 Å². The Balaban J connectivity index is 2.10. The van der Waals surface area contributed by atoms with Crippen LogP contribution >= 0.6 is 15.9 Å². The molecule has 0 saturated carbocycles. The summed E-state index contributed by atoms with van der Waals surface area (Å²) in [6, 6.07) is 4.21. The topological polar surface area (TPSA) is 98.3 Å². The molecule has 0 aliphatic heterocycles. The van der Waals surface area contributed by atoms with Gasteiger partial charge >= 0.3 is 12.0 Å². The minimum atomic E-state index is -1.11. The van der Waals surface area contributed by atoms with E-state index in [-0.39, 0.29) is 17.8 Å². The van der Waals surface area contributed by atoms with Gasteiger partial charge in [0.2, 0.25) is 0 Å². The van der Waals surface area contributed by atoms with E-state index >= 15 is 0 Å². The van der Waals surface area contributed by atoms with Gasteiger partial charge in [-0.2, -0.15) is 0 Å². The number of carboxylic acid groups (broad SMARTS) is 1. The number of aromatic nitrogens is 2. The zero-order valence-electron chi connectivity index (χ0n) is 11.1. The van der Waals surface area contributed by atoms with Gasteiger partial charge in [-0.05, 0) is 18.2 Å². The lowest BCUT2D eigenvalue weighted by atomic mass is 10.2. The van der Waals surface area contributed by atoms with E-state index in [0.717, 1.165) is 0 Å². The summed E-state index contributed by atoms with van der Waals surface area (Å²) >= 11 is 3.20. The highest BCUT2D eigenvalue weighted by atomic mass is 79.9. The zero-order valence-corrected chi connectivity index (χ0v) is 12.7. The van der Waals surface area contributed by atoms with E-state index in [0.29, 0.717) is 10.3 Å². The van der Waals surface area contributed by atoms with Crippen molar-refractivity contribution in [3.05, 3.63) is 46.5 Å². The summed E-state index contributed by atoms with van der Waals surface area (Å²) in [5.41, 5.74) is 0.256. The number of H-pyrrole nitrogens is 1. The van der Waals surface area contributed by atoms with E-state index in [1.807, 2.05) is 0 Å². The molecule has 0 saturated heterocycles. The molecule has 7 nitrogen and oxygen atoms in total. The van der Waals surface area contributed by atoms with Gasteiger partial charge in [0.1, 0.15) is 5.82 Å². The molecule has 0 spiro atoms. The maximum absolute atomic E-state index is 12.1. The summed E-state index contributed by atoms with van der Waals surface area (Å²) in [6.07, 6.45) is 3.26. The number of carbonyl (C=O) groups excluding carboxylic acids is 1. The van der Waals surface area contributed by atoms with Crippen molar-refractivity contribution >= 4 is 33.6 Å². The van der Waals surface area contributed by atoms with Gasteiger partial charge in [-0.25, -0.2) is 14.6 Å². The van der Waals surface area contributed by atoms with Gasteiger partial charge in [-0.3, -0.25) is 0 Å². The van der Waals surface area contributed by atoms with Gasteiger partial charge in [0.05, 0.1) is 17.8 Å². The predicted molar refractivity (Wildman–Crippen MR) is 80.2 cm³/mol. The largest absolute Gasteiger partial charge is 0.478 e. The third kappa shape index (κ3) is 3.82. The fraction of sp³-hybridized carbons (Fsp3) is 0.154. The van der Waals surface area contributed by atoms with Crippen LogP contribution in [-0.4, -0.2) is 39.0 Å². The number of anilines is 1. The number of imidazole rings is 1. The van der Waals surface area contributed by atoms with E-state index in [1.54, 1.807) is 25.5 Å². The number of nitrogens with zero attached hydrogens (tertiary/aromatic N) is 2. The van der Waals surface area contributed by atoms with E-state index in [9.17, 15) is 9.59 Å². The van der Waals surface area contributed by atoms with Crippen molar-refractivity contribution in [1.29, 1.82) is 0 Å². The lowest BCUT2D eigenvalue weighted by molar-refractivity contribution is 0.0698. The Bertz CT molecular complexity index is 657. The molecule has 110 valence electrons. The molecule has 2 rings (SSSR count). The number of nitrogens with one attached hydrogen (secondary N) is 2. The van der Waals surface area contributed by atoms with Gasteiger partial charge in [0, 0.05) is 23.9 Å². The Morgan fingerprint density at radius 1 is 1.48 bits per heavy atom. The van der Waals surface area contributed by atoms with Crippen LogP contribution in [0.5, 0.6) is 0 Å². The van der Waals surface area contributed by atoms with Gasteiger partial charge < -0.3 is 20.3 Å². The third-order valence-corrected chi connectivity index (χ3v) is 3.24. The number of urea groups is 1. The highest BCUT2D eigenvalue weighted by Gasteiger charge is 2.16. The molecule has 1 aromatic carbocycles. The number of rotatable bonds is 4. The van der Waals surface area contributed by atoms with Gasteiger partial charge in [0.25, 0.3) is 0 Å². The first-order chi connectivity index (χ1) is 9.97. The SMILES string of the molecule is CN(Cc1ncc[nH]1)C(=O)Nc1ccc(Br)cc1C(=O)O. The molecule has 0 radical (unpaired) electrons. The summed E-state index contributed by atoms with van der Waals surface area (Å²) in [7, 11) is 1.59. The molecule has 1 aromatic heterocycles. The smallest absolute Gasteiger partial charge is 0.337 e. The predicted octanol–water partition coefficient (Wildman–Crippen LogP) is 2.53. The lowest BCUT2D eigenvalue weighted by Crippen LogP contribution is -2.31. The number of amides is 2. The van der Waals surface area contributed by atoms with Gasteiger partial charge in [-0.15, -0.1) is 0 Å². The summed E-state index contributed by atoms with van der Waals surface area (Å²) in [5.74, 6) is -0.470. The summed E-state index contributed by atoms with van der Waals surface area (Å²) in [4.78, 5) is 31.6. The van der Waals surface area contributed by atoms with Crippen molar-refractivity contribution in [2.75, 3.05) is 12.4 Å². The molecule has 2 amide bonds. The van der Waals surface area contributed by atoms with Crippen LogP contribution in [-0.2, 0) is 6.54 Å². The van der Waals surface area contributed by atoms with Crippen LogP contribution in [0, 0.1) is 0 Å². The molecule has 3 N–H and O–H groups in total. The van der Waals surface area contributed by atoms with Crippen molar-refractivity contribution in [3.8, 4) is 0 Å². The maximum Gasteiger partial charge on any atom is 0.337 e. The number of hydrogen-bond acceptors (Lipinski definition) is 3. The third-order valence-electron chi connectivity index (χ3n) is 2.74. The van der Waals surface area contributed by atoms with Gasteiger partial charge in [0.15, 0.2) is 0 Å². The summed E-state index contributed by atoms with van der Waals surface area (Å²) < 4.78 is 0.627. The Morgan fingerprint density at radius 3 is 2.86 bits per heavy atom. The average Bonchev–Trinajstić information content (AvgIpc) is 2.93. The van der Waals surface area contributed by atoms with Crippen LogP contribution in [0.1, 0.15) is 16.2 Å². The van der Waals surface area contributed by atoms with Crippen LogP contribution in [0.15, 0.2) is 35.1 Å². The number of aromatic carboxylic acids is 1. The number of carbonyl (C=O) groups is 2. The lowest BCUT2D eigenvalue weighted by Gasteiger charge is -2.17. The molecular weight excluding hydrogens is 340 g/mol. The Labute approximate surface area is 129 Å². The molecule has 0 bridgehead atoms. The van der Waals surface area contributed by atoms with E-state index in [4.69, 9.17) is 5.11 Å². The molecular formula is C13H13BrN4O3. The molecule has 2 aromatic rings. The second kappa shape index (κ2) is 6.40. The van der Waals surface area contributed by atoms with Crippen LogP contribution in [0.25, 0.3) is 0 Å². The van der Waals surface area contributed by atoms with Crippen molar-refractivity contribution in [2.45, 2.75) is 6.54 Å². The van der Waals surface area contributed by atoms with Crippen molar-refractivity contribution in [1.82, 2.24) is 14.9 Å². The fourth-order valence-electron chi connectivity index (χ4n) is 1.69. The number of hydrogen-bond donors (Lipinski definition) is 3. The standard InChI is InChI=1S/C13H13BrN4O3/c1-18(7-11-15-4-5-16-11)13(21)17-10-3-2-8(14)6-9(10)12(19)20/h2-6H,7H2,1H3,(H,15,16)(H,17,21)(H,19,20). The number of aromatic amines is 1. The number of benzene rings is 1. The average molecular weight is 353 g/mol. The quantitative estimate of drug-likeness (QED) is 0.787. The number of carboxylic acids is 1. The zero-order chi connectivity index (χ0) is 15.4. The second-order valence-corrected chi connectivity index (χ2v) is 5.23. The summed E-state index contributed by atoms with van der Waals surface area (Å²) in [5, 5.41) is 11.7. The molecule has 1 heterocycles. The maximum atomic E-state index is 12.1. The first-order valence-electron chi connectivity index (χ1n) is 6.00. The Hall–Kier alpha value is -2.35. The molecule has 0 atom stereocenters. The van der Waals surface area contributed by atoms with Crippen LogP contribution < -0.4 is 5.32 Å². The molecule has 21 heavy (non-hydrogen) atoms. The Kier molecular flexibility index (Phi) is 4.59. The first-order valence-corrected chi connectivity index (χ1v) is 6.80. The van der Waals surface area contributed by atoms with E-state index < -0.39 is 12.0 Å². The first kappa shape index (κ1) is 15.0. The highest BCUT2D eigenvalue weighted by Crippen LogP contribution is 2.21. The molecule has 0 unspecified atom stereocenters. The fourth-order valence-corrected chi connectivity index (χ4v) is 2.06. The second-order valence-electron chi connectivity index (χ2n) is 4.32. The summed E-state index contributed by atoms with van der Waals surface area (Å²) in [6.45, 7) is 0.289. The molecule has 8 heteroatoms. The normalized spacial score (nSPS) is 10.2. The van der Waals surface area contributed by atoms with Crippen molar-refractivity contribution < 1.29 is 14.7 Å². The highest BCUT2D eigenvalue weighted by molar-refractivity contribution is 9.10. The minimum Gasteiger partial charge on any atom is -0.478 e. The molecule has 0 aliphatic rings. The molecule has 0 aliphatic carbocycles. The van der Waals surface area contributed by atoms with Crippen LogP contribution in [0.3, 0.4) is 0 Å². The minimum absolute atomic E-state index is 0.0177. The van der Waals surface area contributed by atoms with Gasteiger partial charge in [-0.1, -0.05) is 15.9 Å². The van der Waals surface area contributed by atoms with Crippen molar-refractivity contribution in [2.24, 2.45) is 0 Å².